The number of nitrogens with one attached hydrogen (secondary N) is 1. The fourth-order valence-corrected chi connectivity index (χ4v) is 3.92. The molecule has 4 rings (SSSR count). The second-order valence-corrected chi connectivity index (χ2v) is 7.21. The van der Waals surface area contributed by atoms with Crippen LogP contribution >= 0.6 is 11.8 Å². The van der Waals surface area contributed by atoms with E-state index in [1.54, 1.807) is 40.9 Å². The molecule has 1 amide bonds. The highest BCUT2D eigenvalue weighted by molar-refractivity contribution is 7.99. The van der Waals surface area contributed by atoms with E-state index >= 15 is 0 Å². The Morgan fingerprint density at radius 1 is 1.14 bits per heavy atom. The number of carbonyl (C=O) groups excluding carboxylic acids is 1. The first-order valence-electron chi connectivity index (χ1n) is 8.47. The number of hydrogen-bond acceptors (Lipinski definition) is 6. The lowest BCUT2D eigenvalue weighted by Crippen LogP contribution is -2.41. The lowest BCUT2D eigenvalue weighted by molar-refractivity contribution is 0.0694. The molecule has 1 fully saturated rings. The predicted molar refractivity (Wildman–Crippen MR) is 98.2 cm³/mol. The van der Waals surface area contributed by atoms with Gasteiger partial charge in [-0.05, 0) is 36.4 Å². The summed E-state index contributed by atoms with van der Waals surface area (Å²) in [7, 11) is 0. The molecule has 1 N–H and O–H groups in total. The topological polar surface area (TPSA) is 84.0 Å². The van der Waals surface area contributed by atoms with Crippen LogP contribution in [0.1, 0.15) is 22.2 Å². The SMILES string of the molecule is O=C(c1ccc(Oc2ccc(F)c(F)c2)cc1)N1CCSCC1c1nn[nH]n1. The zero-order valence-corrected chi connectivity index (χ0v) is 15.3. The Morgan fingerprint density at radius 3 is 2.64 bits per heavy atom. The molecule has 1 aliphatic heterocycles. The van der Waals surface area contributed by atoms with Gasteiger partial charge in [-0.15, -0.1) is 10.2 Å². The van der Waals surface area contributed by atoms with Crippen molar-refractivity contribution in [3.05, 3.63) is 65.5 Å². The van der Waals surface area contributed by atoms with Crippen LogP contribution in [-0.2, 0) is 0 Å². The van der Waals surface area contributed by atoms with Crippen LogP contribution in [0.25, 0.3) is 0 Å². The highest BCUT2D eigenvalue weighted by Gasteiger charge is 2.31. The molecule has 1 aromatic heterocycles. The van der Waals surface area contributed by atoms with E-state index in [1.165, 1.54) is 6.07 Å². The molecule has 1 unspecified atom stereocenters. The number of aromatic nitrogens is 4. The molecule has 28 heavy (non-hydrogen) atoms. The van der Waals surface area contributed by atoms with E-state index in [0.717, 1.165) is 17.9 Å². The zero-order chi connectivity index (χ0) is 19.5. The van der Waals surface area contributed by atoms with Gasteiger partial charge in [0.1, 0.15) is 17.5 Å². The summed E-state index contributed by atoms with van der Waals surface area (Å²) in [6, 6.07) is 9.53. The van der Waals surface area contributed by atoms with Crippen LogP contribution in [0, 0.1) is 11.6 Å². The summed E-state index contributed by atoms with van der Waals surface area (Å²) in [6.07, 6.45) is 0. The molecular formula is C18H15F2N5O2S. The fourth-order valence-electron chi connectivity index (χ4n) is 2.88. The molecule has 0 saturated carbocycles. The number of nitrogens with zero attached hydrogens (tertiary/aromatic N) is 4. The van der Waals surface area contributed by atoms with Crippen molar-refractivity contribution in [2.75, 3.05) is 18.1 Å². The number of benzene rings is 2. The number of ether oxygens (including phenoxy) is 1. The van der Waals surface area contributed by atoms with E-state index < -0.39 is 11.6 Å². The number of tetrazole rings is 1. The van der Waals surface area contributed by atoms with Crippen LogP contribution in [0.5, 0.6) is 11.5 Å². The summed E-state index contributed by atoms with van der Waals surface area (Å²) in [6.45, 7) is 0.579. The Bertz CT molecular complexity index is 969. The van der Waals surface area contributed by atoms with Crippen molar-refractivity contribution in [3.8, 4) is 11.5 Å². The molecule has 0 radical (unpaired) electrons. The standard InChI is InChI=1S/C18H15F2N5O2S/c19-14-6-5-13(9-15(14)20)27-12-3-1-11(2-4-12)18(26)25-7-8-28-10-16(25)17-21-23-24-22-17/h1-6,9,16H,7-8,10H2,(H,21,22,23,24). The highest BCUT2D eigenvalue weighted by atomic mass is 32.2. The van der Waals surface area contributed by atoms with E-state index in [4.69, 9.17) is 4.74 Å². The number of thioether (sulfide) groups is 1. The molecule has 10 heteroatoms. The van der Waals surface area contributed by atoms with E-state index in [1.807, 2.05) is 0 Å². The number of aromatic amines is 1. The van der Waals surface area contributed by atoms with Crippen molar-refractivity contribution in [1.82, 2.24) is 25.5 Å². The second-order valence-electron chi connectivity index (χ2n) is 6.06. The number of hydrogen-bond donors (Lipinski definition) is 1. The Kier molecular flexibility index (Phi) is 5.20. The lowest BCUT2D eigenvalue weighted by atomic mass is 10.1. The second kappa shape index (κ2) is 7.93. The van der Waals surface area contributed by atoms with Crippen molar-refractivity contribution >= 4 is 17.7 Å². The molecule has 1 saturated heterocycles. The monoisotopic (exact) mass is 403 g/mol. The van der Waals surface area contributed by atoms with Gasteiger partial charge < -0.3 is 9.64 Å². The third kappa shape index (κ3) is 3.81. The molecule has 1 aliphatic rings. The average molecular weight is 403 g/mol. The van der Waals surface area contributed by atoms with Crippen LogP contribution in [0.3, 0.4) is 0 Å². The molecular weight excluding hydrogens is 388 g/mol. The number of halogens is 2. The fraction of sp³-hybridized carbons (Fsp3) is 0.222. The lowest BCUT2D eigenvalue weighted by Gasteiger charge is -2.33. The van der Waals surface area contributed by atoms with Crippen LogP contribution < -0.4 is 4.74 Å². The summed E-state index contributed by atoms with van der Waals surface area (Å²) in [5.41, 5.74) is 0.484. The van der Waals surface area contributed by atoms with Gasteiger partial charge in [-0.1, -0.05) is 5.21 Å². The summed E-state index contributed by atoms with van der Waals surface area (Å²) in [4.78, 5) is 14.7. The van der Waals surface area contributed by atoms with Crippen molar-refractivity contribution < 1.29 is 18.3 Å². The summed E-state index contributed by atoms with van der Waals surface area (Å²) in [5.74, 6) is 0.520. The summed E-state index contributed by atoms with van der Waals surface area (Å²) >= 11 is 1.73. The predicted octanol–water partition coefficient (Wildman–Crippen LogP) is 3.20. The average Bonchev–Trinajstić information content (AvgIpc) is 3.26. The number of H-pyrrole nitrogens is 1. The molecule has 0 spiro atoms. The minimum Gasteiger partial charge on any atom is -0.457 e. The van der Waals surface area contributed by atoms with Crippen LogP contribution in [0.2, 0.25) is 0 Å². The summed E-state index contributed by atoms with van der Waals surface area (Å²) in [5, 5.41) is 14.0. The number of amides is 1. The first kappa shape index (κ1) is 18.4. The Morgan fingerprint density at radius 2 is 1.93 bits per heavy atom. The van der Waals surface area contributed by atoms with Gasteiger partial charge in [-0.25, -0.2) is 8.78 Å². The van der Waals surface area contributed by atoms with E-state index in [0.29, 0.717) is 29.4 Å². The first-order valence-corrected chi connectivity index (χ1v) is 9.62. The van der Waals surface area contributed by atoms with E-state index in [-0.39, 0.29) is 17.7 Å². The maximum atomic E-state index is 13.3. The first-order chi connectivity index (χ1) is 13.6. The maximum absolute atomic E-state index is 13.3. The normalized spacial score (nSPS) is 16.8. The maximum Gasteiger partial charge on any atom is 0.254 e. The van der Waals surface area contributed by atoms with Crippen LogP contribution in [0.15, 0.2) is 42.5 Å². The number of carbonyl (C=O) groups is 1. The van der Waals surface area contributed by atoms with Crippen molar-refractivity contribution in [3.63, 3.8) is 0 Å². The van der Waals surface area contributed by atoms with Gasteiger partial charge in [-0.3, -0.25) is 4.79 Å². The van der Waals surface area contributed by atoms with Crippen molar-refractivity contribution in [2.45, 2.75) is 6.04 Å². The molecule has 0 bridgehead atoms. The van der Waals surface area contributed by atoms with Crippen molar-refractivity contribution in [2.24, 2.45) is 0 Å². The largest absolute Gasteiger partial charge is 0.457 e. The van der Waals surface area contributed by atoms with Crippen LogP contribution in [0.4, 0.5) is 8.78 Å². The van der Waals surface area contributed by atoms with Gasteiger partial charge in [-0.2, -0.15) is 17.0 Å². The van der Waals surface area contributed by atoms with E-state index in [9.17, 15) is 13.6 Å². The summed E-state index contributed by atoms with van der Waals surface area (Å²) < 4.78 is 31.8. The van der Waals surface area contributed by atoms with Gasteiger partial charge in [0.15, 0.2) is 17.5 Å². The Hall–Kier alpha value is -3.01. The minimum absolute atomic E-state index is 0.144. The Labute approximate surface area is 163 Å². The van der Waals surface area contributed by atoms with Crippen molar-refractivity contribution in [1.29, 1.82) is 0 Å². The molecule has 2 aromatic carbocycles. The smallest absolute Gasteiger partial charge is 0.254 e. The van der Waals surface area contributed by atoms with E-state index in [2.05, 4.69) is 20.6 Å². The highest BCUT2D eigenvalue weighted by Crippen LogP contribution is 2.29. The van der Waals surface area contributed by atoms with Gasteiger partial charge >= 0.3 is 0 Å². The van der Waals surface area contributed by atoms with Gasteiger partial charge in [0.2, 0.25) is 0 Å². The molecule has 3 aromatic rings. The molecule has 0 aliphatic carbocycles. The quantitative estimate of drug-likeness (QED) is 0.720. The molecule has 144 valence electrons. The van der Waals surface area contributed by atoms with Gasteiger partial charge in [0.25, 0.3) is 5.91 Å². The number of rotatable bonds is 4. The van der Waals surface area contributed by atoms with Crippen LogP contribution in [-0.4, -0.2) is 49.5 Å². The van der Waals surface area contributed by atoms with Gasteiger partial charge in [0.05, 0.1) is 0 Å². The minimum atomic E-state index is -0.986. The van der Waals surface area contributed by atoms with Gasteiger partial charge in [0, 0.05) is 29.7 Å². The third-order valence-electron chi connectivity index (χ3n) is 4.28. The zero-order valence-electron chi connectivity index (χ0n) is 14.5. The molecule has 1 atom stereocenters. The molecule has 7 nitrogen and oxygen atoms in total. The third-order valence-corrected chi connectivity index (χ3v) is 5.30. The Balaban J connectivity index is 1.49. The molecule has 2 heterocycles.